The third-order valence-electron chi connectivity index (χ3n) is 8.18. The first-order valence-electron chi connectivity index (χ1n) is 17.3. The van der Waals surface area contributed by atoms with Crippen molar-refractivity contribution in [2.45, 2.75) is 136 Å². The molecule has 0 amide bonds. The minimum absolute atomic E-state index is 0.0169. The van der Waals surface area contributed by atoms with E-state index in [-0.39, 0.29) is 5.43 Å². The number of pyridine rings is 1. The van der Waals surface area contributed by atoms with E-state index in [2.05, 4.69) is 67.0 Å². The summed E-state index contributed by atoms with van der Waals surface area (Å²) in [6.45, 7) is 8.38. The van der Waals surface area contributed by atoms with Crippen LogP contribution in [-0.2, 0) is 13.1 Å². The van der Waals surface area contributed by atoms with E-state index >= 15 is 0 Å². The maximum Gasteiger partial charge on any atom is 0.223 e. The molecule has 0 radical (unpaired) electrons. The minimum Gasteiger partial charge on any atom is -0.488 e. The second-order valence-electron chi connectivity index (χ2n) is 12.6. The molecule has 238 valence electrons. The van der Waals surface area contributed by atoms with Crippen molar-refractivity contribution in [3.8, 4) is 5.75 Å². The number of rotatable bonds is 26. The van der Waals surface area contributed by atoms with Crippen molar-refractivity contribution in [1.29, 1.82) is 0 Å². The second kappa shape index (κ2) is 23.4. The zero-order valence-electron chi connectivity index (χ0n) is 27.7. The third-order valence-corrected chi connectivity index (χ3v) is 8.18. The predicted molar refractivity (Wildman–Crippen MR) is 181 cm³/mol. The summed E-state index contributed by atoms with van der Waals surface area (Å²) in [5, 5.41) is 3.52. The van der Waals surface area contributed by atoms with E-state index in [1.165, 1.54) is 107 Å². The van der Waals surface area contributed by atoms with Gasteiger partial charge in [-0.1, -0.05) is 133 Å². The monoisotopic (exact) mass is 581 g/mol. The summed E-state index contributed by atoms with van der Waals surface area (Å²) in [4.78, 5) is 15.1. The molecule has 0 spiro atoms. The molecule has 0 aliphatic rings. The number of aryl methyl sites for hydroxylation is 1. The molecule has 5 heteroatoms. The van der Waals surface area contributed by atoms with E-state index < -0.39 is 0 Å². The Balaban J connectivity index is 1.66. The molecule has 0 atom stereocenters. The summed E-state index contributed by atoms with van der Waals surface area (Å²) in [6, 6.07) is 10.4. The van der Waals surface area contributed by atoms with Crippen molar-refractivity contribution in [3.05, 3.63) is 63.6 Å². The zero-order valence-corrected chi connectivity index (χ0v) is 27.7. The van der Waals surface area contributed by atoms with Gasteiger partial charge in [0.2, 0.25) is 5.43 Å². The van der Waals surface area contributed by atoms with Crippen LogP contribution in [0, 0.1) is 6.92 Å². The number of benzene rings is 1. The lowest BCUT2D eigenvalue weighted by Gasteiger charge is -2.17. The quantitative estimate of drug-likeness (QED) is 0.113. The van der Waals surface area contributed by atoms with Crippen molar-refractivity contribution in [3.63, 3.8) is 0 Å². The number of ether oxygens (including phenoxy) is 1. The van der Waals surface area contributed by atoms with Gasteiger partial charge < -0.3 is 19.5 Å². The predicted octanol–water partition coefficient (Wildman–Crippen LogP) is 8.89. The van der Waals surface area contributed by atoms with E-state index in [4.69, 9.17) is 4.74 Å². The lowest BCUT2D eigenvalue weighted by Crippen LogP contribution is -2.24. The van der Waals surface area contributed by atoms with Gasteiger partial charge in [0.15, 0.2) is 5.75 Å². The Morgan fingerprint density at radius 3 is 1.86 bits per heavy atom. The molecule has 42 heavy (non-hydrogen) atoms. The molecule has 1 aromatic carbocycles. The summed E-state index contributed by atoms with van der Waals surface area (Å²) in [5.41, 5.74) is 3.46. The number of nitrogens with one attached hydrogen (secondary N) is 1. The topological polar surface area (TPSA) is 46.5 Å². The third kappa shape index (κ3) is 17.1. The number of unbranched alkanes of at least 4 members (excludes halogenated alkanes) is 15. The first kappa shape index (κ1) is 36.1. The smallest absolute Gasteiger partial charge is 0.223 e. The van der Waals surface area contributed by atoms with Crippen LogP contribution in [0.1, 0.15) is 133 Å². The van der Waals surface area contributed by atoms with Gasteiger partial charge in [-0.05, 0) is 52.5 Å². The lowest BCUT2D eigenvalue weighted by atomic mass is 10.0. The van der Waals surface area contributed by atoms with Gasteiger partial charge >= 0.3 is 0 Å². The Bertz CT molecular complexity index is 983. The minimum atomic E-state index is -0.0169. The van der Waals surface area contributed by atoms with Crippen LogP contribution in [0.4, 0.5) is 0 Å². The van der Waals surface area contributed by atoms with Crippen molar-refractivity contribution in [2.24, 2.45) is 0 Å². The van der Waals surface area contributed by atoms with E-state index in [0.717, 1.165) is 38.2 Å². The van der Waals surface area contributed by atoms with E-state index in [1.807, 2.05) is 6.20 Å². The SMILES string of the molecule is CCCCCCCCCCCCCCCCCCOc1cn(Cc2ccc(C)cc2)c(CNCCCN(C)C)cc1=O. The number of nitrogens with zero attached hydrogens (tertiary/aromatic N) is 2. The van der Waals surface area contributed by atoms with E-state index in [0.29, 0.717) is 18.9 Å². The van der Waals surface area contributed by atoms with E-state index in [9.17, 15) is 4.79 Å². The molecular formula is C37H63N3O2. The summed E-state index contributed by atoms with van der Waals surface area (Å²) in [7, 11) is 4.19. The average molecular weight is 582 g/mol. The Morgan fingerprint density at radius 2 is 1.31 bits per heavy atom. The molecule has 5 nitrogen and oxygen atoms in total. The average Bonchev–Trinajstić information content (AvgIpc) is 2.97. The molecule has 2 rings (SSSR count). The number of hydrogen-bond donors (Lipinski definition) is 1. The highest BCUT2D eigenvalue weighted by molar-refractivity contribution is 5.26. The maximum atomic E-state index is 12.9. The Kier molecular flexibility index (Phi) is 20.1. The maximum absolute atomic E-state index is 12.9. The van der Waals surface area contributed by atoms with Gasteiger partial charge in [-0.2, -0.15) is 0 Å². The zero-order chi connectivity index (χ0) is 30.3. The first-order valence-corrected chi connectivity index (χ1v) is 17.3. The van der Waals surface area contributed by atoms with Gasteiger partial charge in [0, 0.05) is 24.8 Å². The lowest BCUT2D eigenvalue weighted by molar-refractivity contribution is 0.298. The molecule has 0 aliphatic heterocycles. The Morgan fingerprint density at radius 1 is 0.762 bits per heavy atom. The molecule has 1 heterocycles. The van der Waals surface area contributed by atoms with Gasteiger partial charge in [0.25, 0.3) is 0 Å². The molecular weight excluding hydrogens is 518 g/mol. The Labute approximate surface area is 258 Å². The van der Waals surface area contributed by atoms with Crippen LogP contribution in [0.25, 0.3) is 0 Å². The van der Waals surface area contributed by atoms with Crippen LogP contribution in [-0.4, -0.2) is 43.3 Å². The van der Waals surface area contributed by atoms with Gasteiger partial charge in [0.1, 0.15) is 0 Å². The van der Waals surface area contributed by atoms with E-state index in [1.54, 1.807) is 6.07 Å². The second-order valence-corrected chi connectivity index (χ2v) is 12.6. The van der Waals surface area contributed by atoms with Crippen LogP contribution in [0.2, 0.25) is 0 Å². The van der Waals surface area contributed by atoms with Crippen LogP contribution in [0.3, 0.4) is 0 Å². The number of aromatic nitrogens is 1. The van der Waals surface area contributed by atoms with Crippen molar-refractivity contribution in [2.75, 3.05) is 33.8 Å². The first-order chi connectivity index (χ1) is 20.5. The fourth-order valence-corrected chi connectivity index (χ4v) is 5.46. The fourth-order valence-electron chi connectivity index (χ4n) is 5.46. The van der Waals surface area contributed by atoms with Gasteiger partial charge in [-0.15, -0.1) is 0 Å². The largest absolute Gasteiger partial charge is 0.488 e. The molecule has 0 fully saturated rings. The van der Waals surface area contributed by atoms with Gasteiger partial charge in [-0.25, -0.2) is 0 Å². The van der Waals surface area contributed by atoms with Gasteiger partial charge in [-0.3, -0.25) is 4.79 Å². The molecule has 2 aromatic rings. The molecule has 0 saturated carbocycles. The standard InChI is InChI=1S/C37H63N3O2/c1-5-6-7-8-9-10-11-12-13-14-15-16-17-18-19-20-28-42-37-32-40(31-34-24-22-33(2)23-25-34)35(29-36(37)41)30-38-26-21-27-39(3)4/h22-25,29,32,38H,5-21,26-28,30-31H2,1-4H3. The molecule has 0 saturated heterocycles. The van der Waals surface area contributed by atoms with Crippen LogP contribution < -0.4 is 15.5 Å². The summed E-state index contributed by atoms with van der Waals surface area (Å²) in [5.74, 6) is 0.472. The van der Waals surface area contributed by atoms with Crippen LogP contribution >= 0.6 is 0 Å². The van der Waals surface area contributed by atoms with Crippen molar-refractivity contribution < 1.29 is 4.74 Å². The van der Waals surface area contributed by atoms with Crippen molar-refractivity contribution >= 4 is 0 Å². The summed E-state index contributed by atoms with van der Waals surface area (Å²) in [6.07, 6.45) is 24.6. The molecule has 1 aromatic heterocycles. The summed E-state index contributed by atoms with van der Waals surface area (Å²) >= 11 is 0. The van der Waals surface area contributed by atoms with Crippen LogP contribution in [0.15, 0.2) is 41.3 Å². The summed E-state index contributed by atoms with van der Waals surface area (Å²) < 4.78 is 8.19. The molecule has 0 aliphatic carbocycles. The Hall–Kier alpha value is -2.11. The molecule has 0 unspecified atom stereocenters. The van der Waals surface area contributed by atoms with Gasteiger partial charge in [0.05, 0.1) is 12.8 Å². The molecule has 0 bridgehead atoms. The molecule has 1 N–H and O–H groups in total. The van der Waals surface area contributed by atoms with Crippen LogP contribution in [0.5, 0.6) is 5.75 Å². The highest BCUT2D eigenvalue weighted by Crippen LogP contribution is 2.15. The fraction of sp³-hybridized carbons (Fsp3) is 0.703. The highest BCUT2D eigenvalue weighted by atomic mass is 16.5. The number of hydrogen-bond acceptors (Lipinski definition) is 4. The normalized spacial score (nSPS) is 11.5. The highest BCUT2D eigenvalue weighted by Gasteiger charge is 2.09. The van der Waals surface area contributed by atoms with Crippen molar-refractivity contribution in [1.82, 2.24) is 14.8 Å².